The van der Waals surface area contributed by atoms with Gasteiger partial charge in [0.1, 0.15) is 0 Å². The number of hydrogen-bond acceptors (Lipinski definition) is 2. The van der Waals surface area contributed by atoms with Crippen molar-refractivity contribution in [3.8, 4) is 0 Å². The van der Waals surface area contributed by atoms with Crippen LogP contribution in [0.15, 0.2) is 0 Å². The van der Waals surface area contributed by atoms with E-state index in [1.54, 1.807) is 0 Å². The van der Waals surface area contributed by atoms with Crippen molar-refractivity contribution < 1.29 is 9.53 Å². The predicted octanol–water partition coefficient (Wildman–Crippen LogP) is 2.97. The second-order valence-corrected chi connectivity index (χ2v) is 3.47. The molecule has 1 aliphatic rings. The SMILES string of the molecule is CC(C)OC(=O)C1CCCC1.Cl.Cl. The van der Waals surface area contributed by atoms with Crippen LogP contribution in [0.25, 0.3) is 0 Å². The fourth-order valence-corrected chi connectivity index (χ4v) is 1.49. The van der Waals surface area contributed by atoms with Crippen LogP contribution >= 0.6 is 24.8 Å². The molecule has 0 saturated heterocycles. The fourth-order valence-electron chi connectivity index (χ4n) is 1.49. The van der Waals surface area contributed by atoms with Crippen molar-refractivity contribution in [3.63, 3.8) is 0 Å². The summed E-state index contributed by atoms with van der Waals surface area (Å²) in [5.41, 5.74) is 0. The van der Waals surface area contributed by atoms with Gasteiger partial charge in [0.15, 0.2) is 0 Å². The molecule has 1 saturated carbocycles. The molecule has 0 atom stereocenters. The highest BCUT2D eigenvalue weighted by molar-refractivity contribution is 5.85. The van der Waals surface area contributed by atoms with Crippen LogP contribution in [0.3, 0.4) is 0 Å². The van der Waals surface area contributed by atoms with Gasteiger partial charge in [-0.2, -0.15) is 0 Å². The van der Waals surface area contributed by atoms with Crippen molar-refractivity contribution in [2.75, 3.05) is 0 Å². The van der Waals surface area contributed by atoms with Crippen LogP contribution in [0.2, 0.25) is 0 Å². The Labute approximate surface area is 92.2 Å². The third-order valence-corrected chi connectivity index (χ3v) is 2.04. The number of carbonyl (C=O) groups excluding carboxylic acids is 1. The lowest BCUT2D eigenvalue weighted by Gasteiger charge is -2.11. The smallest absolute Gasteiger partial charge is 0.309 e. The van der Waals surface area contributed by atoms with Gasteiger partial charge in [0.05, 0.1) is 12.0 Å². The Kier molecular flexibility index (Phi) is 8.90. The zero-order chi connectivity index (χ0) is 8.27. The zero-order valence-electron chi connectivity index (χ0n) is 8.12. The normalized spacial score (nSPS) is 16.2. The fraction of sp³-hybridized carbons (Fsp3) is 0.889. The first kappa shape index (κ1) is 15.5. The van der Waals surface area contributed by atoms with Crippen molar-refractivity contribution in [1.29, 1.82) is 0 Å². The maximum Gasteiger partial charge on any atom is 0.309 e. The molecule has 0 N–H and O–H groups in total. The van der Waals surface area contributed by atoms with E-state index in [9.17, 15) is 4.79 Å². The van der Waals surface area contributed by atoms with Gasteiger partial charge in [-0.3, -0.25) is 4.79 Å². The van der Waals surface area contributed by atoms with Crippen LogP contribution in [0.1, 0.15) is 39.5 Å². The first-order chi connectivity index (χ1) is 5.20. The van der Waals surface area contributed by atoms with Gasteiger partial charge in [0.2, 0.25) is 0 Å². The van der Waals surface area contributed by atoms with Gasteiger partial charge in [0.25, 0.3) is 0 Å². The van der Waals surface area contributed by atoms with Crippen molar-refractivity contribution in [2.24, 2.45) is 5.92 Å². The average Bonchev–Trinajstić information content (AvgIpc) is 2.35. The first-order valence-electron chi connectivity index (χ1n) is 4.40. The molecule has 0 aromatic heterocycles. The standard InChI is InChI=1S/C9H16O2.2ClH/c1-7(2)11-9(10)8-5-3-4-6-8;;/h7-8H,3-6H2,1-2H3;2*1H. The molecule has 0 bridgehead atoms. The Morgan fingerprint density at radius 3 is 2.08 bits per heavy atom. The molecule has 0 heterocycles. The maximum atomic E-state index is 11.2. The Hall–Kier alpha value is 0.0500. The van der Waals surface area contributed by atoms with Crippen LogP contribution < -0.4 is 0 Å². The van der Waals surface area contributed by atoms with Crippen LogP contribution in [0.4, 0.5) is 0 Å². The molecule has 0 unspecified atom stereocenters. The Morgan fingerprint density at radius 1 is 1.23 bits per heavy atom. The number of ether oxygens (including phenoxy) is 1. The second-order valence-electron chi connectivity index (χ2n) is 3.47. The van der Waals surface area contributed by atoms with Gasteiger partial charge in [0, 0.05) is 0 Å². The molecule has 80 valence electrons. The summed E-state index contributed by atoms with van der Waals surface area (Å²) < 4.78 is 5.10. The lowest BCUT2D eigenvalue weighted by atomic mass is 10.1. The highest BCUT2D eigenvalue weighted by Gasteiger charge is 2.24. The highest BCUT2D eigenvalue weighted by atomic mass is 35.5. The third-order valence-electron chi connectivity index (χ3n) is 2.04. The number of rotatable bonds is 2. The summed E-state index contributed by atoms with van der Waals surface area (Å²) in [6, 6.07) is 0. The van der Waals surface area contributed by atoms with Crippen LogP contribution in [-0.2, 0) is 9.53 Å². The first-order valence-corrected chi connectivity index (χ1v) is 4.40. The van der Waals surface area contributed by atoms with Crippen LogP contribution in [-0.4, -0.2) is 12.1 Å². The molecule has 2 nitrogen and oxygen atoms in total. The van der Waals surface area contributed by atoms with E-state index in [2.05, 4.69) is 0 Å². The van der Waals surface area contributed by atoms with Gasteiger partial charge >= 0.3 is 5.97 Å². The highest BCUT2D eigenvalue weighted by Crippen LogP contribution is 2.25. The Bertz CT molecular complexity index is 143. The molecule has 13 heavy (non-hydrogen) atoms. The molecule has 1 aliphatic carbocycles. The van der Waals surface area contributed by atoms with Gasteiger partial charge < -0.3 is 4.74 Å². The summed E-state index contributed by atoms with van der Waals surface area (Å²) in [4.78, 5) is 11.2. The summed E-state index contributed by atoms with van der Waals surface area (Å²) in [5, 5.41) is 0. The number of halogens is 2. The van der Waals surface area contributed by atoms with E-state index < -0.39 is 0 Å². The lowest BCUT2D eigenvalue weighted by Crippen LogP contribution is -2.18. The van der Waals surface area contributed by atoms with E-state index >= 15 is 0 Å². The molecule has 0 aromatic rings. The molecule has 4 heteroatoms. The summed E-state index contributed by atoms with van der Waals surface area (Å²) in [6.07, 6.45) is 4.50. The average molecular weight is 229 g/mol. The Balaban J connectivity index is 0. The molecule has 0 spiro atoms. The molecule has 0 amide bonds. The van der Waals surface area contributed by atoms with Gasteiger partial charge in [-0.1, -0.05) is 12.8 Å². The van der Waals surface area contributed by atoms with Crippen molar-refractivity contribution in [3.05, 3.63) is 0 Å². The summed E-state index contributed by atoms with van der Waals surface area (Å²) >= 11 is 0. The molecule has 0 radical (unpaired) electrons. The summed E-state index contributed by atoms with van der Waals surface area (Å²) in [6.45, 7) is 3.79. The summed E-state index contributed by atoms with van der Waals surface area (Å²) in [7, 11) is 0. The van der Waals surface area contributed by atoms with Gasteiger partial charge in [-0.15, -0.1) is 24.8 Å². The van der Waals surface area contributed by atoms with E-state index in [-0.39, 0.29) is 42.8 Å². The van der Waals surface area contributed by atoms with E-state index in [4.69, 9.17) is 4.74 Å². The zero-order valence-corrected chi connectivity index (χ0v) is 9.75. The predicted molar refractivity (Wildman–Crippen MR) is 57.7 cm³/mol. The number of carbonyl (C=O) groups is 1. The van der Waals surface area contributed by atoms with Gasteiger partial charge in [-0.25, -0.2) is 0 Å². The molecule has 1 rings (SSSR count). The van der Waals surface area contributed by atoms with E-state index in [1.807, 2.05) is 13.8 Å². The molecule has 1 fully saturated rings. The molecule has 0 aromatic carbocycles. The van der Waals surface area contributed by atoms with Crippen molar-refractivity contribution in [1.82, 2.24) is 0 Å². The Morgan fingerprint density at radius 2 is 1.69 bits per heavy atom. The third kappa shape index (κ3) is 5.37. The quantitative estimate of drug-likeness (QED) is 0.680. The van der Waals surface area contributed by atoms with E-state index in [0.717, 1.165) is 12.8 Å². The molecule has 0 aliphatic heterocycles. The van der Waals surface area contributed by atoms with Crippen molar-refractivity contribution in [2.45, 2.75) is 45.6 Å². The number of esters is 1. The number of hydrogen-bond donors (Lipinski definition) is 0. The maximum absolute atomic E-state index is 11.2. The minimum absolute atomic E-state index is 0. The monoisotopic (exact) mass is 228 g/mol. The van der Waals surface area contributed by atoms with Crippen molar-refractivity contribution >= 4 is 30.8 Å². The minimum atomic E-state index is 0. The lowest BCUT2D eigenvalue weighted by molar-refractivity contribution is -0.152. The second kappa shape index (κ2) is 7.45. The largest absolute Gasteiger partial charge is 0.463 e. The molecular formula is C9H18Cl2O2. The van der Waals surface area contributed by atoms with E-state index in [1.165, 1.54) is 12.8 Å². The topological polar surface area (TPSA) is 26.3 Å². The van der Waals surface area contributed by atoms with Crippen LogP contribution in [0.5, 0.6) is 0 Å². The van der Waals surface area contributed by atoms with Crippen LogP contribution in [0, 0.1) is 5.92 Å². The minimum Gasteiger partial charge on any atom is -0.463 e. The van der Waals surface area contributed by atoms with E-state index in [0.29, 0.717) is 0 Å². The van der Waals surface area contributed by atoms with Gasteiger partial charge in [-0.05, 0) is 26.7 Å². The molecular weight excluding hydrogens is 211 g/mol. The summed E-state index contributed by atoms with van der Waals surface area (Å²) in [5.74, 6) is 0.218.